The van der Waals surface area contributed by atoms with Crippen molar-refractivity contribution in [1.82, 2.24) is 4.98 Å². The maximum atomic E-state index is 6.30. The van der Waals surface area contributed by atoms with Crippen molar-refractivity contribution in [2.24, 2.45) is 0 Å². The summed E-state index contributed by atoms with van der Waals surface area (Å²) in [5.41, 5.74) is 4.59. The number of rotatable bonds is 3. The normalized spacial score (nSPS) is 13.8. The van der Waals surface area contributed by atoms with Gasteiger partial charge in [-0.05, 0) is 43.4 Å². The molecule has 0 saturated carbocycles. The van der Waals surface area contributed by atoms with Gasteiger partial charge in [0.15, 0.2) is 0 Å². The summed E-state index contributed by atoms with van der Waals surface area (Å²) in [7, 11) is 0. The number of pyridine rings is 1. The number of nitrogens with zero attached hydrogens (tertiary/aromatic N) is 1. The number of aryl methyl sites for hydroxylation is 1. The van der Waals surface area contributed by atoms with Crippen LogP contribution in [0.1, 0.15) is 31.0 Å². The van der Waals surface area contributed by atoms with Gasteiger partial charge in [-0.15, -0.1) is 0 Å². The summed E-state index contributed by atoms with van der Waals surface area (Å²) in [5, 5.41) is 5.88. The molecule has 0 fully saturated rings. The molecule has 0 bridgehead atoms. The number of benzene rings is 1. The Morgan fingerprint density at radius 3 is 2.89 bits per heavy atom. The first-order chi connectivity index (χ1) is 9.20. The lowest BCUT2D eigenvalue weighted by Gasteiger charge is -2.15. The van der Waals surface area contributed by atoms with Gasteiger partial charge < -0.3 is 5.32 Å². The highest BCUT2D eigenvalue weighted by molar-refractivity contribution is 6.38. The summed E-state index contributed by atoms with van der Waals surface area (Å²) in [6, 6.07) is 3.73. The molecule has 0 saturated heterocycles. The van der Waals surface area contributed by atoms with Crippen LogP contribution in [-0.2, 0) is 12.8 Å². The van der Waals surface area contributed by atoms with Gasteiger partial charge in [0.25, 0.3) is 0 Å². The first-order valence-electron chi connectivity index (χ1n) is 6.75. The molecule has 100 valence electrons. The minimum atomic E-state index is 0.636. The highest BCUT2D eigenvalue weighted by Crippen LogP contribution is 2.38. The molecule has 2 aromatic rings. The Kier molecular flexibility index (Phi) is 3.55. The molecule has 4 heteroatoms. The zero-order chi connectivity index (χ0) is 13.4. The standard InChI is InChI=1S/C15H16Cl2N2/c1-2-6-18-14-10-4-3-5-13(10)19-15-11(14)7-9(16)8-12(15)17/h7-8H,2-6H2,1H3,(H,18,19). The van der Waals surface area contributed by atoms with Crippen LogP contribution in [-0.4, -0.2) is 11.5 Å². The molecule has 1 heterocycles. The van der Waals surface area contributed by atoms with Crippen molar-refractivity contribution in [2.75, 3.05) is 11.9 Å². The van der Waals surface area contributed by atoms with Crippen LogP contribution in [0, 0.1) is 0 Å². The maximum absolute atomic E-state index is 6.30. The van der Waals surface area contributed by atoms with E-state index in [1.54, 1.807) is 6.07 Å². The maximum Gasteiger partial charge on any atom is 0.0913 e. The van der Waals surface area contributed by atoms with Crippen molar-refractivity contribution in [3.63, 3.8) is 0 Å². The Hall–Kier alpha value is -0.990. The van der Waals surface area contributed by atoms with Crippen LogP contribution < -0.4 is 5.32 Å². The van der Waals surface area contributed by atoms with Gasteiger partial charge in [-0.1, -0.05) is 30.1 Å². The highest BCUT2D eigenvalue weighted by atomic mass is 35.5. The lowest BCUT2D eigenvalue weighted by atomic mass is 10.1. The third-order valence-electron chi connectivity index (χ3n) is 3.59. The van der Waals surface area contributed by atoms with E-state index < -0.39 is 0 Å². The minimum Gasteiger partial charge on any atom is -0.384 e. The Morgan fingerprint density at radius 1 is 1.26 bits per heavy atom. The summed E-state index contributed by atoms with van der Waals surface area (Å²) in [6.45, 7) is 3.12. The Labute approximate surface area is 123 Å². The SMILES string of the molecule is CCCNc1c2c(nc3c(Cl)cc(Cl)cc13)CCC2. The third kappa shape index (κ3) is 2.28. The van der Waals surface area contributed by atoms with Gasteiger partial charge in [-0.2, -0.15) is 0 Å². The fourth-order valence-electron chi connectivity index (χ4n) is 2.74. The molecular formula is C15H16Cl2N2. The molecular weight excluding hydrogens is 279 g/mol. The van der Waals surface area contributed by atoms with E-state index in [4.69, 9.17) is 28.2 Å². The molecule has 0 atom stereocenters. The van der Waals surface area contributed by atoms with Crippen LogP contribution in [0.2, 0.25) is 10.0 Å². The quantitative estimate of drug-likeness (QED) is 0.875. The van der Waals surface area contributed by atoms with E-state index in [1.165, 1.54) is 23.4 Å². The van der Waals surface area contributed by atoms with Crippen LogP contribution in [0.4, 0.5) is 5.69 Å². The molecule has 2 nitrogen and oxygen atoms in total. The highest BCUT2D eigenvalue weighted by Gasteiger charge is 2.20. The van der Waals surface area contributed by atoms with Gasteiger partial charge >= 0.3 is 0 Å². The smallest absolute Gasteiger partial charge is 0.0913 e. The zero-order valence-corrected chi connectivity index (χ0v) is 12.4. The van der Waals surface area contributed by atoms with Gasteiger partial charge in [0.05, 0.1) is 10.5 Å². The van der Waals surface area contributed by atoms with Gasteiger partial charge in [-0.25, -0.2) is 0 Å². The van der Waals surface area contributed by atoms with E-state index in [0.717, 1.165) is 36.7 Å². The van der Waals surface area contributed by atoms with Crippen LogP contribution in [0.15, 0.2) is 12.1 Å². The van der Waals surface area contributed by atoms with Gasteiger partial charge in [0.2, 0.25) is 0 Å². The number of hydrogen-bond acceptors (Lipinski definition) is 2. The molecule has 1 aliphatic rings. The first kappa shape index (κ1) is 13.0. The number of aromatic nitrogens is 1. The molecule has 0 radical (unpaired) electrons. The van der Waals surface area contributed by atoms with Gasteiger partial charge in [0, 0.05) is 28.3 Å². The average Bonchev–Trinajstić information content (AvgIpc) is 2.83. The second kappa shape index (κ2) is 5.18. The Balaban J connectivity index is 2.28. The van der Waals surface area contributed by atoms with Gasteiger partial charge in [0.1, 0.15) is 0 Å². The summed E-state index contributed by atoms with van der Waals surface area (Å²) >= 11 is 12.4. The molecule has 0 spiro atoms. The predicted molar refractivity (Wildman–Crippen MR) is 82.6 cm³/mol. The number of fused-ring (bicyclic) bond motifs is 2. The monoisotopic (exact) mass is 294 g/mol. The van der Waals surface area contributed by atoms with Crippen molar-refractivity contribution in [2.45, 2.75) is 32.6 Å². The van der Waals surface area contributed by atoms with Crippen molar-refractivity contribution < 1.29 is 0 Å². The fraction of sp³-hybridized carbons (Fsp3) is 0.400. The minimum absolute atomic E-state index is 0.636. The summed E-state index contributed by atoms with van der Waals surface area (Å²) < 4.78 is 0. The van der Waals surface area contributed by atoms with E-state index in [0.29, 0.717) is 10.0 Å². The molecule has 0 aliphatic heterocycles. The van der Waals surface area contributed by atoms with E-state index in [1.807, 2.05) is 6.07 Å². The zero-order valence-electron chi connectivity index (χ0n) is 10.9. The van der Waals surface area contributed by atoms with Crippen molar-refractivity contribution in [3.05, 3.63) is 33.4 Å². The molecule has 0 unspecified atom stereocenters. The van der Waals surface area contributed by atoms with Crippen molar-refractivity contribution >= 4 is 39.8 Å². The third-order valence-corrected chi connectivity index (χ3v) is 4.09. The Morgan fingerprint density at radius 2 is 2.11 bits per heavy atom. The molecule has 1 aromatic carbocycles. The summed E-state index contributed by atoms with van der Waals surface area (Å²) in [6.07, 6.45) is 4.40. The van der Waals surface area contributed by atoms with Crippen LogP contribution >= 0.6 is 23.2 Å². The second-order valence-corrected chi connectivity index (χ2v) is 5.82. The number of anilines is 1. The molecule has 19 heavy (non-hydrogen) atoms. The van der Waals surface area contributed by atoms with E-state index >= 15 is 0 Å². The molecule has 1 aliphatic carbocycles. The largest absolute Gasteiger partial charge is 0.384 e. The van der Waals surface area contributed by atoms with E-state index in [9.17, 15) is 0 Å². The van der Waals surface area contributed by atoms with Gasteiger partial charge in [-0.3, -0.25) is 4.98 Å². The molecule has 3 rings (SSSR count). The van der Waals surface area contributed by atoms with E-state index in [2.05, 4.69) is 12.2 Å². The molecule has 1 N–H and O–H groups in total. The number of hydrogen-bond donors (Lipinski definition) is 1. The lowest BCUT2D eigenvalue weighted by Crippen LogP contribution is -2.05. The average molecular weight is 295 g/mol. The molecule has 1 aromatic heterocycles. The van der Waals surface area contributed by atoms with Crippen LogP contribution in [0.3, 0.4) is 0 Å². The lowest BCUT2D eigenvalue weighted by molar-refractivity contribution is 0.900. The summed E-state index contributed by atoms with van der Waals surface area (Å²) in [5.74, 6) is 0. The van der Waals surface area contributed by atoms with Crippen molar-refractivity contribution in [1.29, 1.82) is 0 Å². The fourth-order valence-corrected chi connectivity index (χ4v) is 3.28. The predicted octanol–water partition coefficient (Wildman–Crippen LogP) is 4.85. The molecule has 0 amide bonds. The van der Waals surface area contributed by atoms with E-state index in [-0.39, 0.29) is 0 Å². The number of nitrogens with one attached hydrogen (secondary N) is 1. The number of halogens is 2. The first-order valence-corrected chi connectivity index (χ1v) is 7.50. The van der Waals surface area contributed by atoms with Crippen LogP contribution in [0.5, 0.6) is 0 Å². The Bertz CT molecular complexity index is 638. The summed E-state index contributed by atoms with van der Waals surface area (Å²) in [4.78, 5) is 4.73. The topological polar surface area (TPSA) is 24.9 Å². The second-order valence-electron chi connectivity index (χ2n) is 4.98. The van der Waals surface area contributed by atoms with Crippen molar-refractivity contribution in [3.8, 4) is 0 Å². The van der Waals surface area contributed by atoms with Crippen LogP contribution in [0.25, 0.3) is 10.9 Å².